The molecule has 22 heavy (non-hydrogen) atoms. The molecular weight excluding hydrogens is 315 g/mol. The molecule has 0 bridgehead atoms. The van der Waals surface area contributed by atoms with Crippen molar-refractivity contribution in [2.24, 2.45) is 0 Å². The second kappa shape index (κ2) is 5.28. The normalized spacial score (nSPS) is 17.8. The molecule has 1 atom stereocenters. The zero-order valence-corrected chi connectivity index (χ0v) is 12.3. The standard InChI is InChI=1S/C14H12F3N3OS/c1-18-13-20-12-11(22-13)9(6-10(21)19-12)7-2-4-8(5-3-7)14(15,16)17/h2-5,9H,6H2,1H3,(H,18,20)(H,19,21). The Bertz CT molecular complexity index is 709. The topological polar surface area (TPSA) is 54.0 Å². The van der Waals surface area contributed by atoms with E-state index in [0.717, 1.165) is 17.0 Å². The number of anilines is 2. The summed E-state index contributed by atoms with van der Waals surface area (Å²) in [5, 5.41) is 6.25. The van der Waals surface area contributed by atoms with Crippen LogP contribution >= 0.6 is 11.3 Å². The van der Waals surface area contributed by atoms with Crippen LogP contribution in [0.4, 0.5) is 24.1 Å². The molecule has 0 aliphatic carbocycles. The van der Waals surface area contributed by atoms with Gasteiger partial charge in [-0.2, -0.15) is 13.2 Å². The van der Waals surface area contributed by atoms with Gasteiger partial charge in [0.15, 0.2) is 5.13 Å². The van der Waals surface area contributed by atoms with Gasteiger partial charge in [-0.15, -0.1) is 0 Å². The average Bonchev–Trinajstić information content (AvgIpc) is 2.88. The number of halogens is 3. The third kappa shape index (κ3) is 2.66. The molecule has 0 saturated heterocycles. The number of alkyl halides is 3. The molecule has 8 heteroatoms. The Morgan fingerprint density at radius 1 is 1.32 bits per heavy atom. The molecule has 2 aromatic rings. The third-order valence-corrected chi connectivity index (χ3v) is 4.66. The first kappa shape index (κ1) is 14.8. The number of amides is 1. The maximum Gasteiger partial charge on any atom is 0.416 e. The highest BCUT2D eigenvalue weighted by atomic mass is 32.1. The number of fused-ring (bicyclic) bond motifs is 1. The first-order chi connectivity index (χ1) is 10.4. The fourth-order valence-corrected chi connectivity index (χ4v) is 3.40. The molecule has 1 aliphatic rings. The van der Waals surface area contributed by atoms with Gasteiger partial charge in [-0.3, -0.25) is 4.79 Å². The van der Waals surface area contributed by atoms with Crippen molar-refractivity contribution in [2.75, 3.05) is 17.7 Å². The SMILES string of the molecule is CNc1nc2c(s1)C(c1ccc(C(F)(F)F)cc1)CC(=O)N2. The number of nitrogens with one attached hydrogen (secondary N) is 2. The maximum atomic E-state index is 12.6. The molecular formula is C14H12F3N3OS. The lowest BCUT2D eigenvalue weighted by Crippen LogP contribution is -2.22. The van der Waals surface area contributed by atoms with Crippen LogP contribution in [0.25, 0.3) is 0 Å². The number of carbonyl (C=O) groups is 1. The van der Waals surface area contributed by atoms with Crippen molar-refractivity contribution in [2.45, 2.75) is 18.5 Å². The molecule has 0 radical (unpaired) electrons. The van der Waals surface area contributed by atoms with Gasteiger partial charge in [0.2, 0.25) is 5.91 Å². The van der Waals surface area contributed by atoms with Crippen molar-refractivity contribution < 1.29 is 18.0 Å². The molecule has 1 amide bonds. The van der Waals surface area contributed by atoms with Gasteiger partial charge >= 0.3 is 6.18 Å². The second-order valence-electron chi connectivity index (χ2n) is 4.91. The van der Waals surface area contributed by atoms with Crippen molar-refractivity contribution in [3.8, 4) is 0 Å². The molecule has 0 spiro atoms. The molecule has 1 aromatic heterocycles. The van der Waals surface area contributed by atoms with Gasteiger partial charge in [0, 0.05) is 19.4 Å². The summed E-state index contributed by atoms with van der Waals surface area (Å²) in [5.41, 5.74) is -0.0210. The van der Waals surface area contributed by atoms with Gasteiger partial charge in [0.05, 0.1) is 10.4 Å². The number of benzene rings is 1. The molecule has 0 fully saturated rings. The number of thiazole rings is 1. The molecule has 2 heterocycles. The lowest BCUT2D eigenvalue weighted by molar-refractivity contribution is -0.137. The minimum absolute atomic E-state index is 0.189. The first-order valence-corrected chi connectivity index (χ1v) is 7.35. The molecule has 3 rings (SSSR count). The Morgan fingerprint density at radius 3 is 2.59 bits per heavy atom. The van der Waals surface area contributed by atoms with E-state index in [1.54, 1.807) is 7.05 Å². The number of aromatic nitrogens is 1. The van der Waals surface area contributed by atoms with E-state index < -0.39 is 11.7 Å². The van der Waals surface area contributed by atoms with Crippen LogP contribution in [0.1, 0.15) is 28.3 Å². The van der Waals surface area contributed by atoms with Crippen molar-refractivity contribution in [3.05, 3.63) is 40.3 Å². The summed E-state index contributed by atoms with van der Waals surface area (Å²) in [5.74, 6) is 0.0199. The van der Waals surface area contributed by atoms with Gasteiger partial charge in [0.25, 0.3) is 0 Å². The zero-order chi connectivity index (χ0) is 15.9. The van der Waals surface area contributed by atoms with Gasteiger partial charge in [-0.25, -0.2) is 4.98 Å². The number of carbonyl (C=O) groups excluding carboxylic acids is 1. The van der Waals surface area contributed by atoms with Gasteiger partial charge in [0.1, 0.15) is 5.82 Å². The molecule has 4 nitrogen and oxygen atoms in total. The number of rotatable bonds is 2. The molecule has 1 aromatic carbocycles. The largest absolute Gasteiger partial charge is 0.416 e. The van der Waals surface area contributed by atoms with Gasteiger partial charge in [-0.05, 0) is 17.7 Å². The maximum absolute atomic E-state index is 12.6. The molecule has 116 valence electrons. The van der Waals surface area contributed by atoms with Crippen molar-refractivity contribution in [3.63, 3.8) is 0 Å². The Morgan fingerprint density at radius 2 is 2.00 bits per heavy atom. The van der Waals surface area contributed by atoms with Crippen molar-refractivity contribution in [1.82, 2.24) is 4.98 Å². The first-order valence-electron chi connectivity index (χ1n) is 6.54. The van der Waals surface area contributed by atoms with Gasteiger partial charge < -0.3 is 10.6 Å². The van der Waals surface area contributed by atoms with Crippen LogP contribution in [0.5, 0.6) is 0 Å². The molecule has 1 aliphatic heterocycles. The quantitative estimate of drug-likeness (QED) is 0.885. The summed E-state index contributed by atoms with van der Waals surface area (Å²) >= 11 is 1.39. The van der Waals surface area contributed by atoms with Crippen LogP contribution in [0, 0.1) is 0 Å². The van der Waals surface area contributed by atoms with Crippen molar-refractivity contribution in [1.29, 1.82) is 0 Å². The van der Waals surface area contributed by atoms with E-state index in [4.69, 9.17) is 0 Å². The Kier molecular flexibility index (Phi) is 3.56. The predicted molar refractivity (Wildman–Crippen MR) is 78.2 cm³/mol. The van der Waals surface area contributed by atoms with Gasteiger partial charge in [-0.1, -0.05) is 23.5 Å². The van der Waals surface area contributed by atoms with E-state index in [-0.39, 0.29) is 18.2 Å². The Balaban J connectivity index is 1.98. The lowest BCUT2D eigenvalue weighted by atomic mass is 9.91. The zero-order valence-electron chi connectivity index (χ0n) is 11.5. The number of hydrogen-bond acceptors (Lipinski definition) is 4. The van der Waals surface area contributed by atoms with Crippen LogP contribution < -0.4 is 10.6 Å². The minimum Gasteiger partial charge on any atom is -0.365 e. The summed E-state index contributed by atoms with van der Waals surface area (Å²) in [4.78, 5) is 16.9. The van der Waals surface area contributed by atoms with Crippen molar-refractivity contribution >= 4 is 28.2 Å². The lowest BCUT2D eigenvalue weighted by Gasteiger charge is -2.21. The van der Waals surface area contributed by atoms with Crippen LogP contribution in [-0.4, -0.2) is 17.9 Å². The highest BCUT2D eigenvalue weighted by Crippen LogP contribution is 2.42. The Hall–Kier alpha value is -2.09. The van der Waals surface area contributed by atoms with E-state index in [9.17, 15) is 18.0 Å². The average molecular weight is 327 g/mol. The van der Waals surface area contributed by atoms with Crippen LogP contribution in [0.2, 0.25) is 0 Å². The summed E-state index contributed by atoms with van der Waals surface area (Å²) < 4.78 is 37.9. The predicted octanol–water partition coefficient (Wildman–Crippen LogP) is 3.68. The van der Waals surface area contributed by atoms with Crippen LogP contribution in [0.15, 0.2) is 24.3 Å². The molecule has 1 unspecified atom stereocenters. The molecule has 0 saturated carbocycles. The fourth-order valence-electron chi connectivity index (χ4n) is 2.40. The molecule has 2 N–H and O–H groups in total. The minimum atomic E-state index is -4.36. The van der Waals surface area contributed by atoms with E-state index in [1.165, 1.54) is 23.5 Å². The highest BCUT2D eigenvalue weighted by Gasteiger charge is 2.33. The van der Waals surface area contributed by atoms with E-state index in [0.29, 0.717) is 16.5 Å². The highest BCUT2D eigenvalue weighted by molar-refractivity contribution is 7.16. The van der Waals surface area contributed by atoms with E-state index >= 15 is 0 Å². The van der Waals surface area contributed by atoms with E-state index in [1.807, 2.05) is 0 Å². The number of hydrogen-bond donors (Lipinski definition) is 2. The summed E-state index contributed by atoms with van der Waals surface area (Å²) in [6.07, 6.45) is -4.17. The summed E-state index contributed by atoms with van der Waals surface area (Å²) in [6, 6.07) is 4.94. The van der Waals surface area contributed by atoms with Crippen LogP contribution in [-0.2, 0) is 11.0 Å². The fraction of sp³-hybridized carbons (Fsp3) is 0.286. The van der Waals surface area contributed by atoms with E-state index in [2.05, 4.69) is 15.6 Å². The Labute approximate surface area is 128 Å². The monoisotopic (exact) mass is 327 g/mol. The smallest absolute Gasteiger partial charge is 0.365 e. The van der Waals surface area contributed by atoms with Crippen LogP contribution in [0.3, 0.4) is 0 Å². The number of nitrogens with zero attached hydrogens (tertiary/aromatic N) is 1. The summed E-state index contributed by atoms with van der Waals surface area (Å²) in [6.45, 7) is 0. The third-order valence-electron chi connectivity index (χ3n) is 3.47. The second-order valence-corrected chi connectivity index (χ2v) is 5.94. The summed E-state index contributed by atoms with van der Waals surface area (Å²) in [7, 11) is 1.72.